The normalized spacial score (nSPS) is 18.8. The Morgan fingerprint density at radius 2 is 1.76 bits per heavy atom. The fraction of sp³-hybridized carbons (Fsp3) is 0.520. The van der Waals surface area contributed by atoms with Gasteiger partial charge in [0.1, 0.15) is 11.3 Å². The molecule has 3 aromatic rings. The van der Waals surface area contributed by atoms with Crippen LogP contribution in [0.2, 0.25) is 5.02 Å². The van der Waals surface area contributed by atoms with Crippen LogP contribution in [-0.2, 0) is 0 Å². The van der Waals surface area contributed by atoms with Crippen molar-refractivity contribution in [3.05, 3.63) is 35.5 Å². The van der Waals surface area contributed by atoms with E-state index in [9.17, 15) is 0 Å². The molecule has 2 aliphatic rings. The first-order chi connectivity index (χ1) is 16.5. The molecule has 0 radical (unpaired) electrons. The van der Waals surface area contributed by atoms with E-state index in [0.29, 0.717) is 17.1 Å². The Hall–Kier alpha value is -2.00. The van der Waals surface area contributed by atoms with Crippen molar-refractivity contribution in [2.45, 2.75) is 38.8 Å². The Morgan fingerprint density at radius 3 is 2.41 bits per heavy atom. The molecule has 0 spiro atoms. The molecule has 2 aliphatic heterocycles. The molecule has 182 valence electrons. The summed E-state index contributed by atoms with van der Waals surface area (Å²) in [6, 6.07) is 9.66. The molecule has 5 rings (SSSR count). The predicted molar refractivity (Wildman–Crippen MR) is 145 cm³/mol. The molecule has 7 nitrogen and oxygen atoms in total. The Balaban J connectivity index is 1.32. The van der Waals surface area contributed by atoms with E-state index in [1.54, 1.807) is 6.20 Å². The average molecular weight is 500 g/mol. The lowest BCUT2D eigenvalue weighted by Crippen LogP contribution is -2.43. The molecule has 0 bridgehead atoms. The van der Waals surface area contributed by atoms with Crippen LogP contribution in [0.25, 0.3) is 22.6 Å². The van der Waals surface area contributed by atoms with Crippen LogP contribution in [0.4, 0.5) is 11.4 Å². The highest BCUT2D eigenvalue weighted by molar-refractivity contribution is 7.96. The van der Waals surface area contributed by atoms with Crippen molar-refractivity contribution in [1.29, 1.82) is 0 Å². The summed E-state index contributed by atoms with van der Waals surface area (Å²) in [6.07, 6.45) is 6.06. The van der Waals surface area contributed by atoms with Gasteiger partial charge in [-0.05, 0) is 57.2 Å². The number of nitrogens with one attached hydrogen (secondary N) is 2. The summed E-state index contributed by atoms with van der Waals surface area (Å²) < 4.78 is 2.41. The van der Waals surface area contributed by atoms with Gasteiger partial charge in [-0.25, -0.2) is 14.3 Å². The molecule has 2 aromatic heterocycles. The second kappa shape index (κ2) is 10.3. The summed E-state index contributed by atoms with van der Waals surface area (Å²) in [5.74, 6) is 0.821. The van der Waals surface area contributed by atoms with Gasteiger partial charge in [0.05, 0.1) is 16.9 Å². The number of benzene rings is 1. The quantitative estimate of drug-likeness (QED) is 0.464. The van der Waals surface area contributed by atoms with Crippen molar-refractivity contribution >= 4 is 46.1 Å². The number of anilines is 2. The lowest BCUT2D eigenvalue weighted by atomic mass is 10.0. The number of H-pyrrole nitrogens is 1. The van der Waals surface area contributed by atoms with Gasteiger partial charge >= 0.3 is 0 Å². The third-order valence-electron chi connectivity index (χ3n) is 7.08. The van der Waals surface area contributed by atoms with Crippen molar-refractivity contribution in [2.24, 2.45) is 0 Å². The minimum atomic E-state index is 0.393. The van der Waals surface area contributed by atoms with Crippen molar-refractivity contribution in [3.8, 4) is 11.4 Å². The first-order valence-electron chi connectivity index (χ1n) is 12.2. The highest BCUT2D eigenvalue weighted by atomic mass is 35.5. The van der Waals surface area contributed by atoms with E-state index >= 15 is 0 Å². The molecule has 1 aromatic carbocycles. The average Bonchev–Trinajstić information content (AvgIpc) is 3.31. The van der Waals surface area contributed by atoms with Crippen molar-refractivity contribution in [3.63, 3.8) is 0 Å². The number of hydrogen-bond acceptors (Lipinski definition) is 7. The van der Waals surface area contributed by atoms with Gasteiger partial charge in [0.25, 0.3) is 0 Å². The second-order valence-corrected chi connectivity index (χ2v) is 10.7. The Labute approximate surface area is 211 Å². The van der Waals surface area contributed by atoms with Crippen LogP contribution in [0.1, 0.15) is 26.7 Å². The highest BCUT2D eigenvalue weighted by Crippen LogP contribution is 2.33. The lowest BCUT2D eigenvalue weighted by Gasteiger charge is -2.35. The van der Waals surface area contributed by atoms with Crippen molar-refractivity contribution in [1.82, 2.24) is 24.2 Å². The van der Waals surface area contributed by atoms with Gasteiger partial charge in [0.15, 0.2) is 5.65 Å². The fourth-order valence-electron chi connectivity index (χ4n) is 4.93. The van der Waals surface area contributed by atoms with Crippen LogP contribution >= 0.6 is 23.5 Å². The molecule has 2 N–H and O–H groups in total. The maximum absolute atomic E-state index is 6.58. The zero-order valence-electron chi connectivity index (χ0n) is 20.2. The number of piperidine rings is 1. The van der Waals surface area contributed by atoms with Gasteiger partial charge < -0.3 is 20.1 Å². The number of aromatic nitrogens is 3. The van der Waals surface area contributed by atoms with Crippen molar-refractivity contribution in [2.75, 3.05) is 55.7 Å². The highest BCUT2D eigenvalue weighted by Gasteiger charge is 2.23. The van der Waals surface area contributed by atoms with Crippen LogP contribution in [0.15, 0.2) is 30.5 Å². The first kappa shape index (κ1) is 23.7. The van der Waals surface area contributed by atoms with E-state index in [-0.39, 0.29) is 0 Å². The molecule has 0 amide bonds. The number of pyridine rings is 1. The number of nitrogens with zero attached hydrogens (tertiary/aromatic N) is 5. The standard InChI is InChI=1S/C25H34ClN7S/c1-17(2)31-10-8-19(9-11-31)28-22-21(26)16-27-25-23(22)29-24(30-25)18-4-6-20(7-5-18)32-12-14-33(34-3)15-13-32/h4-7,16-17,19H,8-15H2,1-3H3,(H2,27,28,29,30). The minimum Gasteiger partial charge on any atom is -0.379 e. The summed E-state index contributed by atoms with van der Waals surface area (Å²) in [5.41, 5.74) is 4.78. The Morgan fingerprint density at radius 1 is 1.06 bits per heavy atom. The summed E-state index contributed by atoms with van der Waals surface area (Å²) in [7, 11) is 0. The van der Waals surface area contributed by atoms with Crippen LogP contribution in [0, 0.1) is 0 Å². The number of halogens is 1. The molecule has 4 heterocycles. The van der Waals surface area contributed by atoms with E-state index in [1.807, 2.05) is 11.9 Å². The Kier molecular flexibility index (Phi) is 7.20. The van der Waals surface area contributed by atoms with Gasteiger partial charge in [0, 0.05) is 62.6 Å². The van der Waals surface area contributed by atoms with Gasteiger partial charge in [0.2, 0.25) is 0 Å². The van der Waals surface area contributed by atoms with E-state index < -0.39 is 0 Å². The van der Waals surface area contributed by atoms with Crippen LogP contribution < -0.4 is 10.2 Å². The third kappa shape index (κ3) is 5.00. The van der Waals surface area contributed by atoms with E-state index in [1.165, 1.54) is 5.69 Å². The number of aromatic amines is 1. The number of piperazine rings is 1. The molecule has 0 atom stereocenters. The lowest BCUT2D eigenvalue weighted by molar-refractivity contribution is 0.177. The summed E-state index contributed by atoms with van der Waals surface area (Å²) in [4.78, 5) is 17.8. The van der Waals surface area contributed by atoms with Crippen LogP contribution in [0.5, 0.6) is 0 Å². The monoisotopic (exact) mass is 499 g/mol. The van der Waals surface area contributed by atoms with E-state index in [2.05, 4.69) is 73.8 Å². The first-order valence-corrected chi connectivity index (χ1v) is 13.8. The molecule has 0 aliphatic carbocycles. The Bertz CT molecular complexity index is 1100. The summed E-state index contributed by atoms with van der Waals surface area (Å²) in [6.45, 7) is 11.0. The SMILES string of the molecule is CSN1CCN(c2ccc(-c3nc4c(NC5CCN(C(C)C)CC5)c(Cl)cnc4[nH]3)cc2)CC1. The number of imidazole rings is 1. The predicted octanol–water partition coefficient (Wildman–Crippen LogP) is 4.96. The zero-order chi connectivity index (χ0) is 23.7. The molecule has 0 saturated carbocycles. The molecule has 2 saturated heterocycles. The van der Waals surface area contributed by atoms with Crippen molar-refractivity contribution < 1.29 is 0 Å². The molecule has 0 unspecified atom stereocenters. The largest absolute Gasteiger partial charge is 0.379 e. The van der Waals surface area contributed by atoms with Gasteiger partial charge in [-0.2, -0.15) is 0 Å². The van der Waals surface area contributed by atoms with E-state index in [4.69, 9.17) is 16.6 Å². The number of hydrogen-bond donors (Lipinski definition) is 2. The third-order valence-corrected chi connectivity index (χ3v) is 8.25. The van der Waals surface area contributed by atoms with Crippen LogP contribution in [0.3, 0.4) is 0 Å². The zero-order valence-corrected chi connectivity index (χ0v) is 21.8. The minimum absolute atomic E-state index is 0.393. The van der Waals surface area contributed by atoms with Gasteiger partial charge in [-0.1, -0.05) is 23.5 Å². The van der Waals surface area contributed by atoms with E-state index in [0.717, 1.165) is 80.3 Å². The fourth-order valence-corrected chi connectivity index (χ4v) is 5.65. The number of likely N-dealkylation sites (tertiary alicyclic amines) is 1. The summed E-state index contributed by atoms with van der Waals surface area (Å²) >= 11 is 8.41. The maximum atomic E-state index is 6.58. The molecule has 2 fully saturated rings. The molecule has 34 heavy (non-hydrogen) atoms. The molecule has 9 heteroatoms. The molecular formula is C25H34ClN7S. The molecular weight excluding hydrogens is 466 g/mol. The number of rotatable bonds is 6. The smallest absolute Gasteiger partial charge is 0.159 e. The van der Waals surface area contributed by atoms with Crippen LogP contribution in [-0.4, -0.2) is 81.8 Å². The number of fused-ring (bicyclic) bond motifs is 1. The topological polar surface area (TPSA) is 63.3 Å². The second-order valence-electron chi connectivity index (χ2n) is 9.46. The summed E-state index contributed by atoms with van der Waals surface area (Å²) in [5, 5.41) is 4.31. The van der Waals surface area contributed by atoms with Gasteiger partial charge in [-0.15, -0.1) is 0 Å². The van der Waals surface area contributed by atoms with Gasteiger partial charge in [-0.3, -0.25) is 0 Å². The maximum Gasteiger partial charge on any atom is 0.159 e.